The zero-order chi connectivity index (χ0) is 15.8. The van der Waals surface area contributed by atoms with Crippen LogP contribution in [0.3, 0.4) is 0 Å². The average molecular weight is 298 g/mol. The Kier molecular flexibility index (Phi) is 8.22. The van der Waals surface area contributed by atoms with E-state index in [1.807, 2.05) is 0 Å². The summed E-state index contributed by atoms with van der Waals surface area (Å²) < 4.78 is 0. The minimum absolute atomic E-state index is 0.256. The summed E-state index contributed by atoms with van der Waals surface area (Å²) in [5, 5.41) is 3.33. The highest BCUT2D eigenvalue weighted by molar-refractivity contribution is 5.78. The standard InChI is InChI=1S/C16H34N4O/c1-6-14(2)17-13-16(21)20(12-11-18(3)4)15-7-9-19(5)10-8-15/h14-15,17H,6-13H2,1-5H3. The first-order chi connectivity index (χ1) is 9.93. The van der Waals surface area contributed by atoms with Crippen LogP contribution in [0.25, 0.3) is 0 Å². The first kappa shape index (κ1) is 18.4. The molecule has 1 heterocycles. The number of hydrogen-bond acceptors (Lipinski definition) is 4. The third kappa shape index (κ3) is 6.76. The van der Waals surface area contributed by atoms with Crippen LogP contribution in [0.5, 0.6) is 0 Å². The van der Waals surface area contributed by atoms with Gasteiger partial charge in [0.15, 0.2) is 0 Å². The number of nitrogens with one attached hydrogen (secondary N) is 1. The molecule has 5 nitrogen and oxygen atoms in total. The topological polar surface area (TPSA) is 38.8 Å². The Bertz CT molecular complexity index is 301. The molecule has 0 aromatic carbocycles. The number of amides is 1. The van der Waals surface area contributed by atoms with Gasteiger partial charge in [0.1, 0.15) is 0 Å². The van der Waals surface area contributed by atoms with E-state index in [0.717, 1.165) is 45.4 Å². The molecule has 0 aromatic heterocycles. The van der Waals surface area contributed by atoms with E-state index >= 15 is 0 Å². The lowest BCUT2D eigenvalue weighted by Crippen LogP contribution is -2.51. The van der Waals surface area contributed by atoms with Crippen LogP contribution < -0.4 is 5.32 Å². The fourth-order valence-electron chi connectivity index (χ4n) is 2.63. The molecule has 0 radical (unpaired) electrons. The Labute approximate surface area is 130 Å². The van der Waals surface area contributed by atoms with Crippen molar-refractivity contribution in [1.29, 1.82) is 0 Å². The molecular weight excluding hydrogens is 264 g/mol. The van der Waals surface area contributed by atoms with Gasteiger partial charge in [0.25, 0.3) is 0 Å². The SMILES string of the molecule is CCC(C)NCC(=O)N(CCN(C)C)C1CCN(C)CC1. The van der Waals surface area contributed by atoms with Crippen molar-refractivity contribution in [3.05, 3.63) is 0 Å². The van der Waals surface area contributed by atoms with E-state index in [-0.39, 0.29) is 5.91 Å². The van der Waals surface area contributed by atoms with E-state index in [4.69, 9.17) is 0 Å². The number of hydrogen-bond donors (Lipinski definition) is 1. The predicted octanol–water partition coefficient (Wildman–Crippen LogP) is 0.859. The van der Waals surface area contributed by atoms with Crippen LogP contribution in [0.1, 0.15) is 33.1 Å². The van der Waals surface area contributed by atoms with Crippen LogP contribution in [0, 0.1) is 0 Å². The molecule has 124 valence electrons. The molecule has 0 spiro atoms. The predicted molar refractivity (Wildman–Crippen MR) is 88.5 cm³/mol. The summed E-state index contributed by atoms with van der Waals surface area (Å²) in [6.07, 6.45) is 3.25. The summed E-state index contributed by atoms with van der Waals surface area (Å²) in [5.74, 6) is 0.256. The second kappa shape index (κ2) is 9.38. The van der Waals surface area contributed by atoms with E-state index in [9.17, 15) is 4.79 Å². The maximum atomic E-state index is 12.6. The summed E-state index contributed by atoms with van der Waals surface area (Å²) in [6, 6.07) is 0.814. The molecule has 1 amide bonds. The quantitative estimate of drug-likeness (QED) is 0.721. The number of piperidine rings is 1. The average Bonchev–Trinajstić information content (AvgIpc) is 2.46. The number of carbonyl (C=O) groups excluding carboxylic acids is 1. The number of nitrogens with zero attached hydrogens (tertiary/aromatic N) is 3. The van der Waals surface area contributed by atoms with Gasteiger partial charge < -0.3 is 20.0 Å². The van der Waals surface area contributed by atoms with Gasteiger partial charge in [-0.15, -0.1) is 0 Å². The number of carbonyl (C=O) groups is 1. The van der Waals surface area contributed by atoms with Gasteiger partial charge in [-0.05, 0) is 60.4 Å². The molecule has 0 bridgehead atoms. The Morgan fingerprint density at radius 2 is 1.90 bits per heavy atom. The molecule has 0 aromatic rings. The van der Waals surface area contributed by atoms with Gasteiger partial charge in [0.2, 0.25) is 5.91 Å². The summed E-state index contributed by atoms with van der Waals surface area (Å²) in [4.78, 5) is 19.2. The van der Waals surface area contributed by atoms with Crippen molar-refractivity contribution in [3.63, 3.8) is 0 Å². The van der Waals surface area contributed by atoms with Crippen LogP contribution in [0.4, 0.5) is 0 Å². The van der Waals surface area contributed by atoms with Crippen molar-refractivity contribution in [2.75, 3.05) is 53.9 Å². The van der Waals surface area contributed by atoms with Crippen molar-refractivity contribution >= 4 is 5.91 Å². The van der Waals surface area contributed by atoms with Gasteiger partial charge in [-0.1, -0.05) is 6.92 Å². The smallest absolute Gasteiger partial charge is 0.236 e. The monoisotopic (exact) mass is 298 g/mol. The molecule has 0 aliphatic carbocycles. The summed E-state index contributed by atoms with van der Waals surface area (Å²) in [6.45, 7) is 8.69. The molecule has 0 saturated carbocycles. The molecule has 1 atom stereocenters. The van der Waals surface area contributed by atoms with Crippen LogP contribution >= 0.6 is 0 Å². The van der Waals surface area contributed by atoms with Crippen LogP contribution in [0.2, 0.25) is 0 Å². The largest absolute Gasteiger partial charge is 0.337 e. The number of likely N-dealkylation sites (tertiary alicyclic amines) is 1. The van der Waals surface area contributed by atoms with Gasteiger partial charge in [-0.3, -0.25) is 4.79 Å². The van der Waals surface area contributed by atoms with Crippen molar-refractivity contribution in [1.82, 2.24) is 20.0 Å². The van der Waals surface area contributed by atoms with Crippen LogP contribution in [-0.2, 0) is 4.79 Å². The van der Waals surface area contributed by atoms with Gasteiger partial charge in [0.05, 0.1) is 6.54 Å². The Morgan fingerprint density at radius 3 is 2.43 bits per heavy atom. The number of likely N-dealkylation sites (N-methyl/N-ethyl adjacent to an activating group) is 1. The van der Waals surface area contributed by atoms with Gasteiger partial charge >= 0.3 is 0 Å². The van der Waals surface area contributed by atoms with Crippen molar-refractivity contribution in [3.8, 4) is 0 Å². The van der Waals surface area contributed by atoms with E-state index in [1.54, 1.807) is 0 Å². The van der Waals surface area contributed by atoms with Crippen LogP contribution in [-0.4, -0.2) is 86.6 Å². The second-order valence-electron chi connectivity index (χ2n) is 6.62. The lowest BCUT2D eigenvalue weighted by Gasteiger charge is -2.38. The molecule has 1 rings (SSSR count). The third-order valence-electron chi connectivity index (χ3n) is 4.45. The maximum Gasteiger partial charge on any atom is 0.236 e. The summed E-state index contributed by atoms with van der Waals surface area (Å²) >= 11 is 0. The minimum atomic E-state index is 0.256. The fraction of sp³-hybridized carbons (Fsp3) is 0.938. The summed E-state index contributed by atoms with van der Waals surface area (Å²) in [5.41, 5.74) is 0. The molecule has 1 N–H and O–H groups in total. The van der Waals surface area contributed by atoms with E-state index < -0.39 is 0 Å². The van der Waals surface area contributed by atoms with Crippen LogP contribution in [0.15, 0.2) is 0 Å². The molecular formula is C16H34N4O. The van der Waals surface area contributed by atoms with Crippen molar-refractivity contribution < 1.29 is 4.79 Å². The molecule has 21 heavy (non-hydrogen) atoms. The Balaban J connectivity index is 2.56. The zero-order valence-corrected chi connectivity index (χ0v) is 14.6. The van der Waals surface area contributed by atoms with Crippen molar-refractivity contribution in [2.24, 2.45) is 0 Å². The van der Waals surface area contributed by atoms with E-state index in [1.165, 1.54) is 0 Å². The first-order valence-corrected chi connectivity index (χ1v) is 8.30. The fourth-order valence-corrected chi connectivity index (χ4v) is 2.63. The van der Waals surface area contributed by atoms with E-state index in [0.29, 0.717) is 18.6 Å². The normalized spacial score (nSPS) is 19.0. The number of rotatable bonds is 8. The lowest BCUT2D eigenvalue weighted by molar-refractivity contribution is -0.133. The third-order valence-corrected chi connectivity index (χ3v) is 4.45. The summed E-state index contributed by atoms with van der Waals surface area (Å²) in [7, 11) is 6.29. The van der Waals surface area contributed by atoms with Gasteiger partial charge in [-0.2, -0.15) is 0 Å². The minimum Gasteiger partial charge on any atom is -0.337 e. The highest BCUT2D eigenvalue weighted by Gasteiger charge is 2.26. The molecule has 1 saturated heterocycles. The van der Waals surface area contributed by atoms with Gasteiger partial charge in [-0.25, -0.2) is 0 Å². The first-order valence-electron chi connectivity index (χ1n) is 8.30. The Morgan fingerprint density at radius 1 is 1.29 bits per heavy atom. The highest BCUT2D eigenvalue weighted by atomic mass is 16.2. The molecule has 1 aliphatic heterocycles. The maximum absolute atomic E-state index is 12.6. The molecule has 1 unspecified atom stereocenters. The Hall–Kier alpha value is -0.650. The molecule has 1 fully saturated rings. The van der Waals surface area contributed by atoms with E-state index in [2.05, 4.69) is 55.0 Å². The lowest BCUT2D eigenvalue weighted by atomic mass is 10.0. The van der Waals surface area contributed by atoms with Crippen molar-refractivity contribution in [2.45, 2.75) is 45.2 Å². The second-order valence-corrected chi connectivity index (χ2v) is 6.62. The molecule has 5 heteroatoms. The highest BCUT2D eigenvalue weighted by Crippen LogP contribution is 2.15. The van der Waals surface area contributed by atoms with Gasteiger partial charge in [0, 0.05) is 25.2 Å². The molecule has 1 aliphatic rings. The zero-order valence-electron chi connectivity index (χ0n) is 14.6.